The number of anilines is 2. The smallest absolute Gasteiger partial charge is 0.280 e. The maximum absolute atomic E-state index is 12.8. The van der Waals surface area contributed by atoms with E-state index in [-0.39, 0.29) is 0 Å². The van der Waals surface area contributed by atoms with E-state index in [4.69, 9.17) is 16.3 Å². The monoisotopic (exact) mass is 387 g/mol. The molecule has 1 atom stereocenters. The third-order valence-electron chi connectivity index (χ3n) is 4.21. The second kappa shape index (κ2) is 5.96. The van der Waals surface area contributed by atoms with Gasteiger partial charge in [-0.25, -0.2) is 4.98 Å². The Labute approximate surface area is 158 Å². The summed E-state index contributed by atoms with van der Waals surface area (Å²) < 4.78 is 6.67. The Balaban J connectivity index is 1.63. The number of carbonyl (C=O) groups is 2. The Morgan fingerprint density at radius 3 is 2.92 bits per heavy atom. The largest absolute Gasteiger partial charge is 0.466 e. The molecule has 0 bridgehead atoms. The fourth-order valence-corrected chi connectivity index (χ4v) is 3.81. The Hall–Kier alpha value is -2.64. The van der Waals surface area contributed by atoms with Gasteiger partial charge in [-0.3, -0.25) is 14.9 Å². The van der Waals surface area contributed by atoms with Crippen LogP contribution >= 0.6 is 22.9 Å². The van der Waals surface area contributed by atoms with Gasteiger partial charge in [0.25, 0.3) is 17.4 Å². The van der Waals surface area contributed by atoms with Crippen molar-refractivity contribution in [3.63, 3.8) is 0 Å². The minimum absolute atomic E-state index is 0.381. The number of fused-ring (bicyclic) bond motifs is 2. The van der Waals surface area contributed by atoms with Crippen molar-refractivity contribution in [2.75, 3.05) is 10.6 Å². The molecule has 2 heterocycles. The van der Waals surface area contributed by atoms with Gasteiger partial charge in [-0.15, -0.1) is 0 Å². The molecule has 2 amide bonds. The van der Waals surface area contributed by atoms with Crippen molar-refractivity contribution in [1.29, 1.82) is 0 Å². The number of ether oxygens (including phenoxy) is 1. The average molecular weight is 388 g/mol. The van der Waals surface area contributed by atoms with Crippen molar-refractivity contribution in [3.8, 4) is 5.75 Å². The van der Waals surface area contributed by atoms with Crippen LogP contribution in [0.15, 0.2) is 36.4 Å². The predicted octanol–water partition coefficient (Wildman–Crippen LogP) is 3.99. The molecule has 0 aliphatic carbocycles. The first-order chi connectivity index (χ1) is 12.4. The van der Waals surface area contributed by atoms with Crippen LogP contribution in [0.5, 0.6) is 5.75 Å². The van der Waals surface area contributed by atoms with Gasteiger partial charge in [0, 0.05) is 5.02 Å². The van der Waals surface area contributed by atoms with Crippen LogP contribution in [0.2, 0.25) is 5.02 Å². The zero-order chi connectivity index (χ0) is 18.5. The van der Waals surface area contributed by atoms with Gasteiger partial charge in [0.05, 0.1) is 15.9 Å². The lowest BCUT2D eigenvalue weighted by Gasteiger charge is -2.33. The third-order valence-corrected chi connectivity index (χ3v) is 5.38. The number of nitrogens with one attached hydrogen (secondary N) is 2. The SMILES string of the molecule is Cc1cccc2sc(NC(=O)C3(C)Oc4ccc(Cl)cc4NC3=O)nc12. The number of para-hydroxylation sites is 1. The Morgan fingerprint density at radius 1 is 1.35 bits per heavy atom. The zero-order valence-corrected chi connectivity index (χ0v) is 15.5. The normalized spacial score (nSPS) is 18.8. The molecule has 0 spiro atoms. The summed E-state index contributed by atoms with van der Waals surface area (Å²) in [6, 6.07) is 10.6. The molecule has 0 fully saturated rings. The van der Waals surface area contributed by atoms with Crippen LogP contribution in [-0.4, -0.2) is 22.4 Å². The van der Waals surface area contributed by atoms with Crippen molar-refractivity contribution in [1.82, 2.24) is 4.98 Å². The van der Waals surface area contributed by atoms with Gasteiger partial charge in [0.15, 0.2) is 5.13 Å². The molecular formula is C18H14ClN3O3S. The summed E-state index contributed by atoms with van der Waals surface area (Å²) in [5.41, 5.74) is 0.562. The van der Waals surface area contributed by atoms with Crippen molar-refractivity contribution in [2.45, 2.75) is 19.4 Å². The molecule has 1 aliphatic rings. The molecule has 26 heavy (non-hydrogen) atoms. The molecule has 2 aromatic carbocycles. The van der Waals surface area contributed by atoms with Crippen LogP contribution in [0.3, 0.4) is 0 Å². The number of nitrogens with zero attached hydrogens (tertiary/aromatic N) is 1. The maximum Gasteiger partial charge on any atom is 0.280 e. The van der Waals surface area contributed by atoms with Crippen molar-refractivity contribution in [3.05, 3.63) is 47.0 Å². The van der Waals surface area contributed by atoms with Crippen molar-refractivity contribution >= 4 is 55.8 Å². The summed E-state index contributed by atoms with van der Waals surface area (Å²) in [4.78, 5) is 29.7. The van der Waals surface area contributed by atoms with Gasteiger partial charge in [0.1, 0.15) is 5.75 Å². The molecule has 4 rings (SSSR count). The van der Waals surface area contributed by atoms with Crippen LogP contribution < -0.4 is 15.4 Å². The molecule has 0 saturated heterocycles. The lowest BCUT2D eigenvalue weighted by Crippen LogP contribution is -2.56. The summed E-state index contributed by atoms with van der Waals surface area (Å²) in [5.74, 6) is -0.777. The first-order valence-electron chi connectivity index (χ1n) is 7.84. The zero-order valence-electron chi connectivity index (χ0n) is 13.9. The first-order valence-corrected chi connectivity index (χ1v) is 9.04. The number of amides is 2. The Morgan fingerprint density at radius 2 is 2.15 bits per heavy atom. The molecule has 2 N–H and O–H groups in total. The molecule has 0 saturated carbocycles. The van der Waals surface area contributed by atoms with E-state index in [1.807, 2.05) is 25.1 Å². The number of thiazole rings is 1. The molecule has 3 aromatic rings. The second-order valence-electron chi connectivity index (χ2n) is 6.12. The van der Waals surface area contributed by atoms with E-state index >= 15 is 0 Å². The molecule has 6 nitrogen and oxygen atoms in total. The average Bonchev–Trinajstić information content (AvgIpc) is 3.00. The molecule has 1 aromatic heterocycles. The number of halogens is 1. The quantitative estimate of drug-likeness (QED) is 0.651. The summed E-state index contributed by atoms with van der Waals surface area (Å²) in [5, 5.41) is 6.24. The van der Waals surface area contributed by atoms with Gasteiger partial charge >= 0.3 is 0 Å². The number of benzene rings is 2. The topological polar surface area (TPSA) is 80.3 Å². The van der Waals surface area contributed by atoms with Crippen molar-refractivity contribution in [2.24, 2.45) is 0 Å². The number of aryl methyl sites for hydroxylation is 1. The van der Waals surface area contributed by atoms with Crippen LogP contribution in [0, 0.1) is 6.92 Å². The molecule has 1 aliphatic heterocycles. The highest BCUT2D eigenvalue weighted by Crippen LogP contribution is 2.36. The molecule has 132 valence electrons. The fourth-order valence-electron chi connectivity index (χ4n) is 2.70. The van der Waals surface area contributed by atoms with E-state index in [0.29, 0.717) is 21.6 Å². The van der Waals surface area contributed by atoms with E-state index < -0.39 is 17.4 Å². The number of rotatable bonds is 2. The van der Waals surface area contributed by atoms with Crippen LogP contribution in [0.25, 0.3) is 10.2 Å². The summed E-state index contributed by atoms with van der Waals surface area (Å²) in [7, 11) is 0. The summed E-state index contributed by atoms with van der Waals surface area (Å²) >= 11 is 7.27. The number of aromatic nitrogens is 1. The van der Waals surface area contributed by atoms with Crippen molar-refractivity contribution < 1.29 is 14.3 Å². The van der Waals surface area contributed by atoms with Crippen LogP contribution in [-0.2, 0) is 9.59 Å². The van der Waals surface area contributed by atoms with E-state index in [9.17, 15) is 9.59 Å². The van der Waals surface area contributed by atoms with Gasteiger partial charge in [0.2, 0.25) is 0 Å². The van der Waals surface area contributed by atoms with E-state index in [1.165, 1.54) is 18.3 Å². The summed E-state index contributed by atoms with van der Waals surface area (Å²) in [6.07, 6.45) is 0. The highest BCUT2D eigenvalue weighted by Gasteiger charge is 2.47. The van der Waals surface area contributed by atoms with Gasteiger partial charge in [-0.05, 0) is 43.7 Å². The number of hydrogen-bond donors (Lipinski definition) is 2. The second-order valence-corrected chi connectivity index (χ2v) is 7.59. The van der Waals surface area contributed by atoms with E-state index in [0.717, 1.165) is 15.8 Å². The van der Waals surface area contributed by atoms with E-state index in [2.05, 4.69) is 15.6 Å². The lowest BCUT2D eigenvalue weighted by atomic mass is 10.0. The number of hydrogen-bond acceptors (Lipinski definition) is 5. The standard InChI is InChI=1S/C18H14ClN3O3S/c1-9-4-3-5-13-14(9)21-17(26-13)22-16(24)18(2)15(23)20-11-8-10(19)6-7-12(11)25-18/h3-8H,1-2H3,(H,20,23)(H,21,22,24). The molecular weight excluding hydrogens is 374 g/mol. The van der Waals surface area contributed by atoms with Gasteiger partial charge < -0.3 is 10.1 Å². The maximum atomic E-state index is 12.8. The van der Waals surface area contributed by atoms with E-state index in [1.54, 1.807) is 18.2 Å². The number of carbonyl (C=O) groups excluding carboxylic acids is 2. The van der Waals surface area contributed by atoms with Crippen LogP contribution in [0.4, 0.5) is 10.8 Å². The highest BCUT2D eigenvalue weighted by molar-refractivity contribution is 7.22. The fraction of sp³-hybridized carbons (Fsp3) is 0.167. The molecule has 8 heteroatoms. The van der Waals surface area contributed by atoms with Gasteiger partial charge in [-0.1, -0.05) is 35.1 Å². The summed E-state index contributed by atoms with van der Waals surface area (Å²) in [6.45, 7) is 3.38. The Kier molecular flexibility index (Phi) is 3.86. The third kappa shape index (κ3) is 2.69. The van der Waals surface area contributed by atoms with Crippen LogP contribution in [0.1, 0.15) is 12.5 Å². The first kappa shape index (κ1) is 16.8. The predicted molar refractivity (Wildman–Crippen MR) is 102 cm³/mol. The molecule has 1 unspecified atom stereocenters. The minimum Gasteiger partial charge on any atom is -0.466 e. The minimum atomic E-state index is -1.71. The lowest BCUT2D eigenvalue weighted by molar-refractivity contribution is -0.143. The highest BCUT2D eigenvalue weighted by atomic mass is 35.5. The Bertz CT molecular complexity index is 1070. The molecule has 0 radical (unpaired) electrons. The van der Waals surface area contributed by atoms with Gasteiger partial charge in [-0.2, -0.15) is 0 Å².